The van der Waals surface area contributed by atoms with Gasteiger partial charge in [-0.25, -0.2) is 9.97 Å². The third-order valence-corrected chi connectivity index (χ3v) is 3.01. The normalized spacial score (nSPS) is 10.3. The van der Waals surface area contributed by atoms with E-state index < -0.39 is 0 Å². The molecule has 98 valence electrons. The van der Waals surface area contributed by atoms with E-state index in [4.69, 9.17) is 22.6 Å². The predicted octanol–water partition coefficient (Wildman–Crippen LogP) is 0.653. The van der Waals surface area contributed by atoms with Crippen molar-refractivity contribution in [3.05, 3.63) is 30.1 Å². The van der Waals surface area contributed by atoms with Crippen LogP contribution in [0.4, 0.5) is 5.82 Å². The Balaban J connectivity index is 2.18. The standard InChI is InChI=1S/C11H13N7S/c12-9-6-3-1-2-4-7(6)16-8(17-9)5-19-11(15)18-10(13)14/h1-4H,5H2,(H2,12,16,17)(H5,13,14,15,18). The first kappa shape index (κ1) is 13.1. The Labute approximate surface area is 113 Å². The Morgan fingerprint density at radius 2 is 2.00 bits per heavy atom. The highest BCUT2D eigenvalue weighted by molar-refractivity contribution is 8.13. The Bertz CT molecular complexity index is 649. The molecule has 0 saturated carbocycles. The van der Waals surface area contributed by atoms with Crippen molar-refractivity contribution in [2.45, 2.75) is 5.75 Å². The van der Waals surface area contributed by atoms with Gasteiger partial charge >= 0.3 is 0 Å². The van der Waals surface area contributed by atoms with Gasteiger partial charge in [-0.2, -0.15) is 4.99 Å². The lowest BCUT2D eigenvalue weighted by Gasteiger charge is -2.04. The molecular formula is C11H13N7S. The number of nitrogens with two attached hydrogens (primary N) is 3. The first-order valence-corrected chi connectivity index (χ1v) is 6.37. The molecule has 0 fully saturated rings. The lowest BCUT2D eigenvalue weighted by Crippen LogP contribution is -2.23. The molecular weight excluding hydrogens is 262 g/mol. The minimum Gasteiger partial charge on any atom is -0.383 e. The van der Waals surface area contributed by atoms with Crippen LogP contribution in [0.3, 0.4) is 0 Å². The summed E-state index contributed by atoms with van der Waals surface area (Å²) in [6.45, 7) is 0. The van der Waals surface area contributed by atoms with Crippen molar-refractivity contribution < 1.29 is 0 Å². The van der Waals surface area contributed by atoms with Crippen LogP contribution in [0.2, 0.25) is 0 Å². The van der Waals surface area contributed by atoms with E-state index in [1.807, 2.05) is 24.3 Å². The van der Waals surface area contributed by atoms with Gasteiger partial charge in [-0.1, -0.05) is 23.9 Å². The number of fused-ring (bicyclic) bond motifs is 1. The number of para-hydroxylation sites is 1. The summed E-state index contributed by atoms with van der Waals surface area (Å²) in [6, 6.07) is 7.49. The van der Waals surface area contributed by atoms with E-state index in [2.05, 4.69) is 15.0 Å². The van der Waals surface area contributed by atoms with Crippen molar-refractivity contribution in [3.63, 3.8) is 0 Å². The molecule has 0 unspecified atom stereocenters. The van der Waals surface area contributed by atoms with Gasteiger partial charge in [0.2, 0.25) is 0 Å². The fourth-order valence-electron chi connectivity index (χ4n) is 1.50. The molecule has 2 rings (SSSR count). The largest absolute Gasteiger partial charge is 0.383 e. The summed E-state index contributed by atoms with van der Waals surface area (Å²) in [5.74, 6) is 1.20. The summed E-state index contributed by atoms with van der Waals surface area (Å²) in [5.41, 5.74) is 17.0. The molecule has 0 bridgehead atoms. The van der Waals surface area contributed by atoms with Gasteiger partial charge < -0.3 is 17.2 Å². The molecule has 2 aromatic rings. The molecule has 0 saturated heterocycles. The number of aromatic nitrogens is 2. The molecule has 0 atom stereocenters. The second kappa shape index (κ2) is 5.53. The third-order valence-electron chi connectivity index (χ3n) is 2.25. The molecule has 0 spiro atoms. The minimum absolute atomic E-state index is 0.00956. The third kappa shape index (κ3) is 3.32. The molecule has 8 heteroatoms. The number of hydrogen-bond donors (Lipinski definition) is 4. The average Bonchev–Trinajstić information content (AvgIpc) is 2.36. The van der Waals surface area contributed by atoms with E-state index in [-0.39, 0.29) is 11.1 Å². The van der Waals surface area contributed by atoms with Crippen molar-refractivity contribution in [1.82, 2.24) is 9.97 Å². The maximum Gasteiger partial charge on any atom is 0.193 e. The van der Waals surface area contributed by atoms with Crippen LogP contribution in [0, 0.1) is 5.41 Å². The van der Waals surface area contributed by atoms with Gasteiger partial charge in [0.1, 0.15) is 11.6 Å². The molecule has 0 radical (unpaired) electrons. The number of benzene rings is 1. The van der Waals surface area contributed by atoms with Crippen LogP contribution in [0.25, 0.3) is 10.9 Å². The zero-order chi connectivity index (χ0) is 13.8. The average molecular weight is 275 g/mol. The number of guanidine groups is 1. The fourth-order valence-corrected chi connectivity index (χ4v) is 2.06. The molecule has 7 N–H and O–H groups in total. The smallest absolute Gasteiger partial charge is 0.193 e. The highest BCUT2D eigenvalue weighted by Crippen LogP contribution is 2.19. The number of aliphatic imine (C=N–C) groups is 1. The molecule has 19 heavy (non-hydrogen) atoms. The van der Waals surface area contributed by atoms with Gasteiger partial charge in [-0.15, -0.1) is 0 Å². The molecule has 0 aliphatic heterocycles. The first-order chi connectivity index (χ1) is 9.06. The summed E-state index contributed by atoms with van der Waals surface area (Å²) in [6.07, 6.45) is 0. The van der Waals surface area contributed by atoms with E-state index in [1.165, 1.54) is 0 Å². The summed E-state index contributed by atoms with van der Waals surface area (Å²) < 4.78 is 0. The maximum absolute atomic E-state index is 7.51. The van der Waals surface area contributed by atoms with Crippen molar-refractivity contribution >= 4 is 39.6 Å². The van der Waals surface area contributed by atoms with Gasteiger partial charge in [0.05, 0.1) is 11.3 Å². The summed E-state index contributed by atoms with van der Waals surface area (Å²) >= 11 is 1.13. The van der Waals surface area contributed by atoms with Gasteiger partial charge in [0, 0.05) is 5.39 Å². The fraction of sp³-hybridized carbons (Fsp3) is 0.0909. The van der Waals surface area contributed by atoms with Crippen LogP contribution < -0.4 is 17.2 Å². The summed E-state index contributed by atoms with van der Waals surface area (Å²) in [4.78, 5) is 12.2. The van der Waals surface area contributed by atoms with Crippen molar-refractivity contribution in [1.29, 1.82) is 5.41 Å². The van der Waals surface area contributed by atoms with Crippen molar-refractivity contribution in [3.8, 4) is 0 Å². The van der Waals surface area contributed by atoms with Crippen LogP contribution in [-0.4, -0.2) is 21.1 Å². The maximum atomic E-state index is 7.51. The number of amidine groups is 1. The van der Waals surface area contributed by atoms with Gasteiger partial charge in [0.25, 0.3) is 0 Å². The van der Waals surface area contributed by atoms with E-state index >= 15 is 0 Å². The van der Waals surface area contributed by atoms with E-state index in [0.29, 0.717) is 17.4 Å². The number of thioether (sulfide) groups is 1. The van der Waals surface area contributed by atoms with Crippen LogP contribution in [0.1, 0.15) is 5.82 Å². The van der Waals surface area contributed by atoms with Crippen LogP contribution >= 0.6 is 11.8 Å². The molecule has 0 aliphatic rings. The quantitative estimate of drug-likeness (QED) is 0.468. The van der Waals surface area contributed by atoms with E-state index in [0.717, 1.165) is 22.7 Å². The van der Waals surface area contributed by atoms with Crippen molar-refractivity contribution in [2.24, 2.45) is 16.5 Å². The zero-order valence-electron chi connectivity index (χ0n) is 10.00. The molecule has 0 aliphatic carbocycles. The number of rotatable bonds is 2. The molecule has 7 nitrogen and oxygen atoms in total. The monoisotopic (exact) mass is 275 g/mol. The topological polar surface area (TPSA) is 140 Å². The Morgan fingerprint density at radius 3 is 2.74 bits per heavy atom. The molecule has 1 aromatic heterocycles. The van der Waals surface area contributed by atoms with Crippen molar-refractivity contribution in [2.75, 3.05) is 5.73 Å². The van der Waals surface area contributed by atoms with Crippen LogP contribution in [-0.2, 0) is 5.75 Å². The number of nitrogens with zero attached hydrogens (tertiary/aromatic N) is 3. The Morgan fingerprint density at radius 1 is 1.26 bits per heavy atom. The van der Waals surface area contributed by atoms with Gasteiger partial charge in [-0.05, 0) is 12.1 Å². The van der Waals surface area contributed by atoms with Crippen LogP contribution in [0.5, 0.6) is 0 Å². The second-order valence-corrected chi connectivity index (χ2v) is 4.64. The number of nitrogens with one attached hydrogen (secondary N) is 1. The van der Waals surface area contributed by atoms with E-state index in [1.54, 1.807) is 0 Å². The summed E-state index contributed by atoms with van der Waals surface area (Å²) in [5, 5.41) is 8.34. The lowest BCUT2D eigenvalue weighted by atomic mass is 10.2. The van der Waals surface area contributed by atoms with Gasteiger partial charge in [0.15, 0.2) is 11.1 Å². The number of anilines is 1. The summed E-state index contributed by atoms with van der Waals surface area (Å²) in [7, 11) is 0. The highest BCUT2D eigenvalue weighted by atomic mass is 32.2. The number of hydrogen-bond acceptors (Lipinski definition) is 5. The molecule has 1 aromatic carbocycles. The predicted molar refractivity (Wildman–Crippen MR) is 78.8 cm³/mol. The Kier molecular flexibility index (Phi) is 3.81. The highest BCUT2D eigenvalue weighted by Gasteiger charge is 2.06. The second-order valence-electron chi connectivity index (χ2n) is 3.67. The lowest BCUT2D eigenvalue weighted by molar-refractivity contribution is 1.08. The minimum atomic E-state index is -0.142. The van der Waals surface area contributed by atoms with E-state index in [9.17, 15) is 0 Å². The number of nitrogen functional groups attached to an aromatic ring is 1. The molecule has 1 heterocycles. The van der Waals surface area contributed by atoms with Gasteiger partial charge in [-0.3, -0.25) is 5.41 Å². The Hall–Kier alpha value is -2.35. The van der Waals surface area contributed by atoms with Crippen LogP contribution in [0.15, 0.2) is 29.3 Å². The zero-order valence-corrected chi connectivity index (χ0v) is 10.8. The SMILES string of the molecule is N=C(N=C(N)N)SCc1nc(N)c2ccccc2n1. The first-order valence-electron chi connectivity index (χ1n) is 5.38. The molecule has 0 amide bonds.